The second-order valence-corrected chi connectivity index (χ2v) is 4.93. The topological polar surface area (TPSA) is 39.1 Å². The normalized spacial score (nSPS) is 12.5. The maximum atomic E-state index is 12.2. The van der Waals surface area contributed by atoms with Gasteiger partial charge in [-0.1, -0.05) is 11.6 Å². The van der Waals surface area contributed by atoms with Gasteiger partial charge in [-0.15, -0.1) is 0 Å². The smallest absolute Gasteiger partial charge is 0.387 e. The lowest BCUT2D eigenvalue weighted by atomic mass is 10.2. The Morgan fingerprint density at radius 2 is 2.19 bits per heavy atom. The van der Waals surface area contributed by atoms with E-state index in [0.717, 1.165) is 17.8 Å². The summed E-state index contributed by atoms with van der Waals surface area (Å²) in [5, 5.41) is 7.58. The van der Waals surface area contributed by atoms with E-state index in [4.69, 9.17) is 11.6 Å². The van der Waals surface area contributed by atoms with E-state index in [1.165, 1.54) is 6.07 Å². The van der Waals surface area contributed by atoms with E-state index < -0.39 is 6.61 Å². The number of halogens is 3. The van der Waals surface area contributed by atoms with Gasteiger partial charge in [0.2, 0.25) is 0 Å². The summed E-state index contributed by atoms with van der Waals surface area (Å²) in [5.74, 6) is -0.0383. The summed E-state index contributed by atoms with van der Waals surface area (Å²) < 4.78 is 30.5. The van der Waals surface area contributed by atoms with E-state index in [0.29, 0.717) is 0 Å². The highest BCUT2D eigenvalue weighted by Gasteiger charge is 2.11. The predicted octanol–water partition coefficient (Wildman–Crippen LogP) is 4.33. The number of aryl methyl sites for hydroxylation is 1. The molecule has 0 saturated heterocycles. The molecule has 1 unspecified atom stereocenters. The number of aromatic nitrogens is 2. The molecule has 2 aromatic rings. The molecule has 1 heterocycles. The zero-order valence-corrected chi connectivity index (χ0v) is 12.4. The second-order valence-electron chi connectivity index (χ2n) is 4.52. The van der Waals surface area contributed by atoms with Crippen molar-refractivity contribution in [1.82, 2.24) is 9.78 Å². The maximum absolute atomic E-state index is 12.2. The number of ether oxygens (including phenoxy) is 1. The largest absolute Gasteiger partial charge is 0.433 e. The molecule has 0 aliphatic carbocycles. The van der Waals surface area contributed by atoms with Gasteiger partial charge in [0.1, 0.15) is 5.75 Å². The predicted molar refractivity (Wildman–Crippen MR) is 78.0 cm³/mol. The number of hydrogen-bond acceptors (Lipinski definition) is 3. The Hall–Kier alpha value is -1.82. The summed E-state index contributed by atoms with van der Waals surface area (Å²) in [7, 11) is 0. The first kappa shape index (κ1) is 15.6. The molecule has 1 aromatic heterocycles. The molecule has 0 bridgehead atoms. The number of benzene rings is 1. The van der Waals surface area contributed by atoms with Crippen LogP contribution in [0.2, 0.25) is 5.02 Å². The van der Waals surface area contributed by atoms with Crippen LogP contribution in [0.25, 0.3) is 0 Å². The van der Waals surface area contributed by atoms with Crippen LogP contribution in [0.1, 0.15) is 25.5 Å². The minimum absolute atomic E-state index is 0.0169. The molecule has 4 nitrogen and oxygen atoms in total. The van der Waals surface area contributed by atoms with Gasteiger partial charge in [0.25, 0.3) is 0 Å². The summed E-state index contributed by atoms with van der Waals surface area (Å²) in [6, 6.07) is 4.63. The average molecular weight is 316 g/mol. The molecule has 0 fully saturated rings. The van der Waals surface area contributed by atoms with Crippen molar-refractivity contribution in [1.29, 1.82) is 0 Å². The molecule has 0 aliphatic rings. The number of nitrogens with zero attached hydrogens (tertiary/aromatic N) is 2. The van der Waals surface area contributed by atoms with Crippen molar-refractivity contribution in [2.75, 3.05) is 5.32 Å². The summed E-state index contributed by atoms with van der Waals surface area (Å²) in [6.45, 7) is 1.91. The monoisotopic (exact) mass is 315 g/mol. The molecule has 2 rings (SSSR count). The quantitative estimate of drug-likeness (QED) is 0.862. The van der Waals surface area contributed by atoms with Crippen LogP contribution in [-0.2, 0) is 6.54 Å². The van der Waals surface area contributed by atoms with Gasteiger partial charge >= 0.3 is 6.61 Å². The second kappa shape index (κ2) is 6.76. The molecule has 0 saturated carbocycles. The summed E-state index contributed by atoms with van der Waals surface area (Å²) in [5.41, 5.74) is 1.75. The number of rotatable bonds is 6. The molecule has 0 radical (unpaired) electrons. The van der Waals surface area contributed by atoms with Gasteiger partial charge in [0.15, 0.2) is 0 Å². The fourth-order valence-electron chi connectivity index (χ4n) is 1.89. The molecular weight excluding hydrogens is 300 g/mol. The number of hydrogen-bond donors (Lipinski definition) is 1. The van der Waals surface area contributed by atoms with Crippen LogP contribution in [0, 0.1) is 0 Å². The van der Waals surface area contributed by atoms with E-state index in [9.17, 15) is 8.78 Å². The number of nitrogens with one attached hydrogen (secondary N) is 1. The molecular formula is C14H16ClF2N3O. The van der Waals surface area contributed by atoms with Gasteiger partial charge in [-0.2, -0.15) is 13.9 Å². The molecule has 1 aromatic carbocycles. The van der Waals surface area contributed by atoms with Gasteiger partial charge in [0.05, 0.1) is 17.3 Å². The third-order valence-electron chi connectivity index (χ3n) is 3.01. The molecule has 0 aliphatic heterocycles. The van der Waals surface area contributed by atoms with Crippen molar-refractivity contribution in [3.05, 3.63) is 41.2 Å². The Bertz CT molecular complexity index is 604. The van der Waals surface area contributed by atoms with Crippen molar-refractivity contribution in [3.8, 4) is 5.75 Å². The zero-order valence-electron chi connectivity index (χ0n) is 11.7. The van der Waals surface area contributed by atoms with Gasteiger partial charge < -0.3 is 10.1 Å². The molecule has 0 spiro atoms. The Morgan fingerprint density at radius 3 is 2.76 bits per heavy atom. The Morgan fingerprint density at radius 1 is 1.43 bits per heavy atom. The van der Waals surface area contributed by atoms with Crippen LogP contribution in [-0.4, -0.2) is 16.4 Å². The van der Waals surface area contributed by atoms with E-state index >= 15 is 0 Å². The number of alkyl halides is 2. The van der Waals surface area contributed by atoms with E-state index in [1.807, 2.05) is 24.7 Å². The average Bonchev–Trinajstić information content (AvgIpc) is 2.90. The van der Waals surface area contributed by atoms with E-state index in [-0.39, 0.29) is 16.8 Å². The van der Waals surface area contributed by atoms with Crippen LogP contribution in [0.4, 0.5) is 14.5 Å². The van der Waals surface area contributed by atoms with Crippen molar-refractivity contribution in [3.63, 3.8) is 0 Å². The molecule has 1 N–H and O–H groups in total. The van der Waals surface area contributed by atoms with Crippen LogP contribution in [0.5, 0.6) is 5.75 Å². The van der Waals surface area contributed by atoms with Crippen LogP contribution in [0.3, 0.4) is 0 Å². The standard InChI is InChI=1S/C14H16ClF2N3O/c1-3-20-8-10(7-18-20)9(2)19-11-4-5-13(12(15)6-11)21-14(16)17/h4-9,14,19H,3H2,1-2H3. The van der Waals surface area contributed by atoms with Gasteiger partial charge in [-0.25, -0.2) is 0 Å². The highest BCUT2D eigenvalue weighted by Crippen LogP contribution is 2.30. The first-order valence-corrected chi connectivity index (χ1v) is 6.90. The van der Waals surface area contributed by atoms with Crippen molar-refractivity contribution >= 4 is 17.3 Å². The Labute approximate surface area is 126 Å². The van der Waals surface area contributed by atoms with E-state index in [2.05, 4.69) is 15.2 Å². The lowest BCUT2D eigenvalue weighted by molar-refractivity contribution is -0.0497. The summed E-state index contributed by atoms with van der Waals surface area (Å²) >= 11 is 5.91. The van der Waals surface area contributed by atoms with Crippen LogP contribution >= 0.6 is 11.6 Å². The van der Waals surface area contributed by atoms with Crippen LogP contribution < -0.4 is 10.1 Å². The molecule has 7 heteroatoms. The molecule has 0 amide bonds. The highest BCUT2D eigenvalue weighted by atomic mass is 35.5. The first-order valence-electron chi connectivity index (χ1n) is 6.53. The van der Waals surface area contributed by atoms with Gasteiger partial charge in [-0.05, 0) is 32.0 Å². The van der Waals surface area contributed by atoms with Crippen LogP contribution in [0.15, 0.2) is 30.6 Å². The third kappa shape index (κ3) is 4.07. The Balaban J connectivity index is 2.07. The first-order chi connectivity index (χ1) is 9.99. The van der Waals surface area contributed by atoms with E-state index in [1.54, 1.807) is 18.3 Å². The molecule has 114 valence electrons. The van der Waals surface area contributed by atoms with Crippen molar-refractivity contribution < 1.29 is 13.5 Å². The summed E-state index contributed by atoms with van der Waals surface area (Å²) in [4.78, 5) is 0. The maximum Gasteiger partial charge on any atom is 0.387 e. The molecule has 21 heavy (non-hydrogen) atoms. The summed E-state index contributed by atoms with van der Waals surface area (Å²) in [6.07, 6.45) is 3.74. The Kier molecular flexibility index (Phi) is 5.01. The van der Waals surface area contributed by atoms with Gasteiger partial charge in [0, 0.05) is 24.0 Å². The van der Waals surface area contributed by atoms with Crippen molar-refractivity contribution in [2.24, 2.45) is 0 Å². The fraction of sp³-hybridized carbons (Fsp3) is 0.357. The third-order valence-corrected chi connectivity index (χ3v) is 3.30. The lowest BCUT2D eigenvalue weighted by Crippen LogP contribution is -2.06. The zero-order chi connectivity index (χ0) is 15.4. The number of anilines is 1. The minimum atomic E-state index is -2.89. The van der Waals surface area contributed by atoms with Crippen molar-refractivity contribution in [2.45, 2.75) is 33.0 Å². The lowest BCUT2D eigenvalue weighted by Gasteiger charge is -2.15. The SMILES string of the molecule is CCn1cc(C(C)Nc2ccc(OC(F)F)c(Cl)c2)cn1. The van der Waals surface area contributed by atoms with Gasteiger partial charge in [-0.3, -0.25) is 4.68 Å². The minimum Gasteiger partial charge on any atom is -0.433 e. The molecule has 1 atom stereocenters. The highest BCUT2D eigenvalue weighted by molar-refractivity contribution is 6.32. The fourth-order valence-corrected chi connectivity index (χ4v) is 2.12.